The van der Waals surface area contributed by atoms with E-state index >= 15 is 0 Å². The van der Waals surface area contributed by atoms with Gasteiger partial charge in [-0.05, 0) is 70.8 Å². The number of carboxylic acid groups (broad SMARTS) is 1. The van der Waals surface area contributed by atoms with E-state index in [2.05, 4.69) is 51.8 Å². The van der Waals surface area contributed by atoms with Crippen LogP contribution in [0, 0.1) is 3.57 Å². The fourth-order valence-corrected chi connectivity index (χ4v) is 3.24. The van der Waals surface area contributed by atoms with E-state index in [1.807, 2.05) is 12.1 Å². The minimum absolute atomic E-state index is 0.444. The van der Waals surface area contributed by atoms with Crippen LogP contribution < -0.4 is 4.90 Å². The lowest BCUT2D eigenvalue weighted by atomic mass is 9.96. The van der Waals surface area contributed by atoms with Crippen molar-refractivity contribution in [1.82, 2.24) is 0 Å². The molecule has 0 saturated heterocycles. The van der Waals surface area contributed by atoms with Crippen molar-refractivity contribution in [3.63, 3.8) is 0 Å². The van der Waals surface area contributed by atoms with E-state index in [4.69, 9.17) is 0 Å². The van der Waals surface area contributed by atoms with Crippen LogP contribution in [0.15, 0.2) is 42.5 Å². The third kappa shape index (κ3) is 3.05. The van der Waals surface area contributed by atoms with E-state index in [1.54, 1.807) is 6.07 Å². The minimum Gasteiger partial charge on any atom is -0.478 e. The highest BCUT2D eigenvalue weighted by molar-refractivity contribution is 14.1. The van der Waals surface area contributed by atoms with Gasteiger partial charge in [-0.3, -0.25) is 0 Å². The number of halogens is 1. The molecule has 0 aromatic heterocycles. The molecule has 1 aliphatic rings. The molecule has 0 radical (unpaired) electrons. The molecule has 2 aromatic carbocycles. The quantitative estimate of drug-likeness (QED) is 0.804. The first-order chi connectivity index (χ1) is 10.1. The second-order valence-corrected chi connectivity index (χ2v) is 6.51. The molecular formula is C17H16INO2. The summed E-state index contributed by atoms with van der Waals surface area (Å²) in [5.41, 5.74) is 3.74. The van der Waals surface area contributed by atoms with Crippen molar-refractivity contribution < 1.29 is 9.90 Å². The molecule has 21 heavy (non-hydrogen) atoms. The molecule has 0 spiro atoms. The first kappa shape index (κ1) is 14.4. The van der Waals surface area contributed by atoms with Crippen LogP contribution in [0.4, 0.5) is 5.69 Å². The lowest BCUT2D eigenvalue weighted by Crippen LogP contribution is -2.29. The van der Waals surface area contributed by atoms with Gasteiger partial charge in [0.15, 0.2) is 0 Å². The van der Waals surface area contributed by atoms with E-state index in [1.165, 1.54) is 9.13 Å². The summed E-state index contributed by atoms with van der Waals surface area (Å²) < 4.78 is 1.23. The number of carboxylic acids is 1. The number of fused-ring (bicyclic) bond motifs is 1. The first-order valence-corrected chi connectivity index (χ1v) is 8.07. The first-order valence-electron chi connectivity index (χ1n) is 7.00. The molecule has 1 N–H and O–H groups in total. The molecule has 0 bridgehead atoms. The fraction of sp³-hybridized carbons (Fsp3) is 0.235. The number of hydrogen-bond acceptors (Lipinski definition) is 2. The molecule has 2 aromatic rings. The molecule has 1 aliphatic heterocycles. The highest BCUT2D eigenvalue weighted by atomic mass is 127. The maximum atomic E-state index is 11.4. The molecule has 0 unspecified atom stereocenters. The zero-order valence-electron chi connectivity index (χ0n) is 11.6. The third-order valence-corrected chi connectivity index (χ3v) is 4.58. The number of aromatic carboxylic acids is 1. The van der Waals surface area contributed by atoms with Gasteiger partial charge in [0.25, 0.3) is 0 Å². The van der Waals surface area contributed by atoms with Crippen molar-refractivity contribution in [2.75, 3.05) is 11.4 Å². The van der Waals surface area contributed by atoms with Crippen LogP contribution in [0.1, 0.15) is 27.9 Å². The van der Waals surface area contributed by atoms with E-state index in [0.717, 1.165) is 37.2 Å². The van der Waals surface area contributed by atoms with Gasteiger partial charge in [-0.1, -0.05) is 18.2 Å². The minimum atomic E-state index is -0.831. The zero-order valence-corrected chi connectivity index (χ0v) is 13.7. The Morgan fingerprint density at radius 2 is 1.95 bits per heavy atom. The van der Waals surface area contributed by atoms with Gasteiger partial charge in [-0.2, -0.15) is 0 Å². The lowest BCUT2D eigenvalue weighted by Gasteiger charge is -2.32. The second-order valence-electron chi connectivity index (χ2n) is 5.26. The fourth-order valence-electron chi connectivity index (χ4n) is 2.88. The van der Waals surface area contributed by atoms with E-state index in [-0.39, 0.29) is 0 Å². The Balaban J connectivity index is 1.92. The summed E-state index contributed by atoms with van der Waals surface area (Å²) in [6.45, 7) is 1.80. The van der Waals surface area contributed by atoms with E-state index < -0.39 is 5.97 Å². The van der Waals surface area contributed by atoms with Gasteiger partial charge in [0, 0.05) is 22.3 Å². The van der Waals surface area contributed by atoms with Gasteiger partial charge in [-0.15, -0.1) is 0 Å². The smallest absolute Gasteiger partial charge is 0.336 e. The van der Waals surface area contributed by atoms with Gasteiger partial charge >= 0.3 is 5.97 Å². The highest BCUT2D eigenvalue weighted by Crippen LogP contribution is 2.31. The normalized spacial score (nSPS) is 13.9. The summed E-state index contributed by atoms with van der Waals surface area (Å²) in [5.74, 6) is -0.831. The Morgan fingerprint density at radius 1 is 1.19 bits per heavy atom. The largest absolute Gasteiger partial charge is 0.478 e. The van der Waals surface area contributed by atoms with Gasteiger partial charge in [0.1, 0.15) is 0 Å². The Bertz CT molecular complexity index is 667. The number of hydrogen-bond donors (Lipinski definition) is 1. The molecule has 4 heteroatoms. The second kappa shape index (κ2) is 6.05. The van der Waals surface area contributed by atoms with Gasteiger partial charge < -0.3 is 10.0 Å². The summed E-state index contributed by atoms with van der Waals surface area (Å²) >= 11 is 2.30. The molecule has 3 rings (SSSR count). The predicted octanol–water partition coefficient (Wildman–Crippen LogP) is 3.94. The Kier molecular flexibility index (Phi) is 4.14. The molecule has 0 atom stereocenters. The topological polar surface area (TPSA) is 40.5 Å². The summed E-state index contributed by atoms with van der Waals surface area (Å²) in [4.78, 5) is 13.6. The van der Waals surface area contributed by atoms with Crippen LogP contribution in [-0.2, 0) is 13.0 Å². The van der Waals surface area contributed by atoms with Crippen molar-refractivity contribution in [1.29, 1.82) is 0 Å². The number of benzene rings is 2. The summed E-state index contributed by atoms with van der Waals surface area (Å²) in [5, 5.41) is 9.33. The maximum absolute atomic E-state index is 11.4. The van der Waals surface area contributed by atoms with Gasteiger partial charge in [0.05, 0.1) is 5.56 Å². The molecule has 1 heterocycles. The average molecular weight is 393 g/mol. The molecule has 3 nitrogen and oxygen atoms in total. The summed E-state index contributed by atoms with van der Waals surface area (Å²) in [7, 11) is 0. The van der Waals surface area contributed by atoms with Crippen molar-refractivity contribution in [3.8, 4) is 0 Å². The molecule has 0 aliphatic carbocycles. The van der Waals surface area contributed by atoms with Crippen LogP contribution in [0.2, 0.25) is 0 Å². The lowest BCUT2D eigenvalue weighted by molar-refractivity contribution is 0.0695. The number of rotatable bonds is 3. The van der Waals surface area contributed by atoms with E-state index in [9.17, 15) is 9.90 Å². The molecule has 108 valence electrons. The standard InChI is InChI=1S/C17H16INO2/c18-13-8-6-12(7-9-13)11-19-10-2-4-14-15(17(20)21)3-1-5-16(14)19/h1,3,5-9H,2,4,10-11H2,(H,20,21). The average Bonchev–Trinajstić information content (AvgIpc) is 2.49. The molecule has 0 saturated carbocycles. The van der Waals surface area contributed by atoms with Crippen LogP contribution in [0.3, 0.4) is 0 Å². The van der Waals surface area contributed by atoms with Crippen LogP contribution in [-0.4, -0.2) is 17.6 Å². The van der Waals surface area contributed by atoms with Crippen LogP contribution in [0.5, 0.6) is 0 Å². The van der Waals surface area contributed by atoms with Gasteiger partial charge in [-0.25, -0.2) is 4.79 Å². The van der Waals surface area contributed by atoms with Crippen molar-refractivity contribution in [2.24, 2.45) is 0 Å². The monoisotopic (exact) mass is 393 g/mol. The Morgan fingerprint density at radius 3 is 2.67 bits per heavy atom. The summed E-state index contributed by atoms with van der Waals surface area (Å²) in [6, 6.07) is 14.1. The molecular weight excluding hydrogens is 377 g/mol. The number of nitrogens with zero attached hydrogens (tertiary/aromatic N) is 1. The Labute approximate surface area is 137 Å². The molecule has 0 fully saturated rings. The van der Waals surface area contributed by atoms with Crippen LogP contribution in [0.25, 0.3) is 0 Å². The number of anilines is 1. The maximum Gasteiger partial charge on any atom is 0.336 e. The third-order valence-electron chi connectivity index (χ3n) is 3.86. The van der Waals surface area contributed by atoms with E-state index in [0.29, 0.717) is 5.56 Å². The van der Waals surface area contributed by atoms with Crippen molar-refractivity contribution in [3.05, 3.63) is 62.7 Å². The molecule has 0 amide bonds. The predicted molar refractivity (Wildman–Crippen MR) is 91.9 cm³/mol. The summed E-state index contributed by atoms with van der Waals surface area (Å²) in [6.07, 6.45) is 1.85. The highest BCUT2D eigenvalue weighted by Gasteiger charge is 2.21. The van der Waals surface area contributed by atoms with Crippen molar-refractivity contribution >= 4 is 34.2 Å². The SMILES string of the molecule is O=C(O)c1cccc2c1CCCN2Cc1ccc(I)cc1. The van der Waals surface area contributed by atoms with Gasteiger partial charge in [0.2, 0.25) is 0 Å². The van der Waals surface area contributed by atoms with Crippen LogP contribution >= 0.6 is 22.6 Å². The van der Waals surface area contributed by atoms with Crippen molar-refractivity contribution in [2.45, 2.75) is 19.4 Å². The zero-order chi connectivity index (χ0) is 14.8. The Hall–Kier alpha value is -1.56. The number of carbonyl (C=O) groups is 1.